The summed E-state index contributed by atoms with van der Waals surface area (Å²) in [5.74, 6) is 2.82. The Labute approximate surface area is 147 Å². The highest BCUT2D eigenvalue weighted by molar-refractivity contribution is 7.99. The highest BCUT2D eigenvalue weighted by Crippen LogP contribution is 2.47. The molecule has 0 saturated carbocycles. The molecule has 23 heavy (non-hydrogen) atoms. The second-order valence-corrected chi connectivity index (χ2v) is 8.46. The van der Waals surface area contributed by atoms with Gasteiger partial charge in [0.15, 0.2) is 0 Å². The number of rotatable bonds is 8. The molecule has 1 atom stereocenters. The predicted molar refractivity (Wildman–Crippen MR) is 103 cm³/mol. The second kappa shape index (κ2) is 9.18. The Balaban J connectivity index is 1.57. The first kappa shape index (κ1) is 17.4. The Morgan fingerprint density at radius 2 is 1.74 bits per heavy atom. The van der Waals surface area contributed by atoms with E-state index in [1.807, 2.05) is 11.8 Å². The fourth-order valence-corrected chi connectivity index (χ4v) is 5.36. The Morgan fingerprint density at radius 3 is 2.35 bits per heavy atom. The summed E-state index contributed by atoms with van der Waals surface area (Å²) in [6, 6.07) is 10.8. The first-order valence-corrected chi connectivity index (χ1v) is 10.7. The summed E-state index contributed by atoms with van der Waals surface area (Å²) in [7, 11) is 0. The molecule has 1 unspecified atom stereocenters. The van der Waals surface area contributed by atoms with Crippen molar-refractivity contribution in [2.45, 2.75) is 87.3 Å². The summed E-state index contributed by atoms with van der Waals surface area (Å²) >= 11 is 1.97. The first-order chi connectivity index (χ1) is 11.4. The molecular weight excluding hydrogens is 299 g/mol. The molecule has 1 aromatic carbocycles. The van der Waals surface area contributed by atoms with Gasteiger partial charge in [-0.05, 0) is 30.2 Å². The van der Waals surface area contributed by atoms with Gasteiger partial charge in [0.1, 0.15) is 0 Å². The van der Waals surface area contributed by atoms with Crippen molar-refractivity contribution in [1.82, 2.24) is 0 Å². The molecule has 2 bridgehead atoms. The van der Waals surface area contributed by atoms with Gasteiger partial charge in [0.05, 0.1) is 0 Å². The third-order valence-corrected chi connectivity index (χ3v) is 6.78. The molecule has 2 heterocycles. The molecule has 2 aliphatic heterocycles. The highest BCUT2D eigenvalue weighted by Gasteiger charge is 2.42. The molecule has 0 aliphatic carbocycles. The maximum atomic E-state index is 6.76. The lowest BCUT2D eigenvalue weighted by molar-refractivity contribution is 0.185. The van der Waals surface area contributed by atoms with Crippen molar-refractivity contribution in [3.8, 4) is 0 Å². The van der Waals surface area contributed by atoms with Crippen LogP contribution >= 0.6 is 11.8 Å². The second-order valence-electron chi connectivity index (χ2n) is 7.37. The van der Waals surface area contributed by atoms with E-state index in [1.165, 1.54) is 62.7 Å². The topological polar surface area (TPSA) is 9.23 Å². The zero-order valence-electron chi connectivity index (χ0n) is 14.6. The maximum absolute atomic E-state index is 6.76. The fraction of sp³-hybridized carbons (Fsp3) is 0.700. The van der Waals surface area contributed by atoms with Crippen molar-refractivity contribution in [1.29, 1.82) is 0 Å². The Hall–Kier alpha value is -0.405. The van der Waals surface area contributed by atoms with Crippen LogP contribution in [0, 0.1) is 0 Å². The van der Waals surface area contributed by atoms with Gasteiger partial charge in [-0.15, -0.1) is 11.8 Å². The van der Waals surface area contributed by atoms with Crippen LogP contribution in [-0.4, -0.2) is 18.8 Å². The van der Waals surface area contributed by atoms with Crippen LogP contribution in [0.3, 0.4) is 0 Å². The Morgan fingerprint density at radius 1 is 1.09 bits per heavy atom. The number of benzene rings is 1. The minimum absolute atomic E-state index is 0.436. The summed E-state index contributed by atoms with van der Waals surface area (Å²) in [6.07, 6.45) is 12.7. The van der Waals surface area contributed by atoms with Crippen LogP contribution < -0.4 is 0 Å². The molecule has 2 aliphatic rings. The predicted octanol–water partition coefficient (Wildman–Crippen LogP) is 6.45. The lowest BCUT2D eigenvalue weighted by atomic mass is 9.38. The van der Waals surface area contributed by atoms with E-state index in [2.05, 4.69) is 37.3 Å². The van der Waals surface area contributed by atoms with Crippen molar-refractivity contribution < 1.29 is 4.65 Å². The van der Waals surface area contributed by atoms with Gasteiger partial charge in [0.2, 0.25) is 0 Å². The molecule has 2 fully saturated rings. The Kier molecular flexibility index (Phi) is 6.95. The van der Waals surface area contributed by atoms with Gasteiger partial charge in [-0.25, -0.2) is 0 Å². The van der Waals surface area contributed by atoms with E-state index in [0.29, 0.717) is 13.0 Å². The molecule has 3 rings (SSSR count). The normalized spacial score (nSPS) is 25.3. The summed E-state index contributed by atoms with van der Waals surface area (Å²) in [4.78, 5) is 1.38. The summed E-state index contributed by atoms with van der Waals surface area (Å²) in [6.45, 7) is 2.85. The molecule has 1 nitrogen and oxygen atoms in total. The van der Waals surface area contributed by atoms with Gasteiger partial charge in [0, 0.05) is 16.8 Å². The molecule has 0 radical (unpaired) electrons. The molecule has 0 amide bonds. The molecule has 1 aromatic rings. The quantitative estimate of drug-likeness (QED) is 0.400. The number of thioether (sulfide) groups is 1. The van der Waals surface area contributed by atoms with E-state index < -0.39 is 0 Å². The zero-order chi connectivity index (χ0) is 15.9. The monoisotopic (exact) mass is 330 g/mol. The van der Waals surface area contributed by atoms with Crippen LogP contribution in [0.1, 0.15) is 64.7 Å². The Bertz CT molecular complexity index is 430. The molecule has 0 spiro atoms. The van der Waals surface area contributed by atoms with E-state index >= 15 is 0 Å². The molecule has 2 saturated heterocycles. The molecule has 3 heteroatoms. The van der Waals surface area contributed by atoms with Crippen LogP contribution in [-0.2, 0) is 4.65 Å². The van der Waals surface area contributed by atoms with E-state index in [4.69, 9.17) is 4.65 Å². The van der Waals surface area contributed by atoms with Crippen molar-refractivity contribution in [2.75, 3.05) is 5.75 Å². The van der Waals surface area contributed by atoms with Gasteiger partial charge in [-0.1, -0.05) is 76.5 Å². The lowest BCUT2D eigenvalue weighted by Gasteiger charge is -2.41. The van der Waals surface area contributed by atoms with E-state index in [9.17, 15) is 0 Å². The zero-order valence-corrected chi connectivity index (χ0v) is 15.4. The number of hydrogen-bond donors (Lipinski definition) is 0. The standard InChI is InChI=1S/C20H31BOS/c1-2-3-13-19(16-23-20-14-5-4-6-15-20)22-21-17-9-7-10-18(21)12-8-11-17/h4-6,14-15,17-19H,2-3,7-13,16H2,1H3. The van der Waals surface area contributed by atoms with Gasteiger partial charge in [-0.2, -0.15) is 0 Å². The summed E-state index contributed by atoms with van der Waals surface area (Å²) < 4.78 is 6.76. The highest BCUT2D eigenvalue weighted by atomic mass is 32.2. The van der Waals surface area contributed by atoms with Crippen LogP contribution in [0.2, 0.25) is 11.6 Å². The van der Waals surface area contributed by atoms with E-state index in [0.717, 1.165) is 17.4 Å². The molecule has 126 valence electrons. The molecule has 0 N–H and O–H groups in total. The minimum atomic E-state index is 0.436. The minimum Gasteiger partial charge on any atom is -0.432 e. The average molecular weight is 330 g/mol. The molecular formula is C20H31BOS. The third kappa shape index (κ3) is 5.03. The smallest absolute Gasteiger partial charge is 0.299 e. The number of fused-ring (bicyclic) bond motifs is 2. The van der Waals surface area contributed by atoms with Crippen molar-refractivity contribution in [3.05, 3.63) is 30.3 Å². The van der Waals surface area contributed by atoms with Crippen LogP contribution in [0.15, 0.2) is 35.2 Å². The van der Waals surface area contributed by atoms with Gasteiger partial charge in [0.25, 0.3) is 6.92 Å². The van der Waals surface area contributed by atoms with Gasteiger partial charge in [-0.3, -0.25) is 0 Å². The van der Waals surface area contributed by atoms with Crippen LogP contribution in [0.25, 0.3) is 0 Å². The fourth-order valence-electron chi connectivity index (χ4n) is 4.39. The van der Waals surface area contributed by atoms with Crippen LogP contribution in [0.5, 0.6) is 0 Å². The SMILES string of the molecule is CCCCC(CSc1ccccc1)OB1C2CCCC1CCC2. The van der Waals surface area contributed by atoms with E-state index in [-0.39, 0.29) is 0 Å². The first-order valence-electron chi connectivity index (χ1n) is 9.70. The third-order valence-electron chi connectivity index (χ3n) is 5.64. The average Bonchev–Trinajstić information content (AvgIpc) is 2.58. The van der Waals surface area contributed by atoms with Gasteiger partial charge >= 0.3 is 0 Å². The summed E-state index contributed by atoms with van der Waals surface area (Å²) in [5.41, 5.74) is 0. The number of unbranched alkanes of at least 4 members (excludes halogenated alkanes) is 1. The van der Waals surface area contributed by atoms with Crippen molar-refractivity contribution in [3.63, 3.8) is 0 Å². The van der Waals surface area contributed by atoms with Crippen molar-refractivity contribution in [2.24, 2.45) is 0 Å². The van der Waals surface area contributed by atoms with E-state index in [1.54, 1.807) is 0 Å². The largest absolute Gasteiger partial charge is 0.432 e. The molecule has 0 aromatic heterocycles. The van der Waals surface area contributed by atoms with Crippen molar-refractivity contribution >= 4 is 18.7 Å². The number of hydrogen-bond acceptors (Lipinski definition) is 2. The van der Waals surface area contributed by atoms with Crippen LogP contribution in [0.4, 0.5) is 0 Å². The summed E-state index contributed by atoms with van der Waals surface area (Å²) in [5, 5.41) is 0. The lowest BCUT2D eigenvalue weighted by Crippen LogP contribution is -2.40. The van der Waals surface area contributed by atoms with Gasteiger partial charge < -0.3 is 4.65 Å². The maximum Gasteiger partial charge on any atom is 0.299 e.